The highest BCUT2D eigenvalue weighted by atomic mass is 32.1. The predicted molar refractivity (Wildman–Crippen MR) is 118 cm³/mol. The van der Waals surface area contributed by atoms with Crippen molar-refractivity contribution in [2.75, 3.05) is 11.9 Å². The van der Waals surface area contributed by atoms with E-state index >= 15 is 0 Å². The van der Waals surface area contributed by atoms with E-state index in [1.807, 2.05) is 29.0 Å². The number of carbonyl (C=O) groups excluding carboxylic acids is 3. The Bertz CT molecular complexity index is 1150. The molecule has 156 valence electrons. The lowest BCUT2D eigenvalue weighted by Crippen LogP contribution is -2.55. The number of rotatable bonds is 3. The third kappa shape index (κ3) is 3.70. The summed E-state index contributed by atoms with van der Waals surface area (Å²) in [5.74, 6) is -0.612. The Morgan fingerprint density at radius 3 is 2.87 bits per heavy atom. The van der Waals surface area contributed by atoms with Gasteiger partial charge in [0.15, 0.2) is 0 Å². The zero-order chi connectivity index (χ0) is 21.4. The number of hydrogen-bond donors (Lipinski definition) is 2. The first-order valence-electron chi connectivity index (χ1n) is 10.1. The van der Waals surface area contributed by atoms with Gasteiger partial charge in [-0.25, -0.2) is 0 Å². The fraction of sp³-hybridized carbons (Fsp3) is 0.217. The second-order valence-electron chi connectivity index (χ2n) is 7.71. The Hall–Kier alpha value is -3.52. The fourth-order valence-electron chi connectivity index (χ4n) is 4.16. The number of nitrogens with one attached hydrogen (secondary N) is 2. The summed E-state index contributed by atoms with van der Waals surface area (Å²) in [6.45, 7) is 0.400. The Balaban J connectivity index is 1.37. The van der Waals surface area contributed by atoms with Crippen LogP contribution in [-0.4, -0.2) is 46.2 Å². The monoisotopic (exact) mass is 432 g/mol. The fourth-order valence-corrected chi connectivity index (χ4v) is 4.83. The van der Waals surface area contributed by atoms with Crippen LogP contribution in [0.4, 0.5) is 5.69 Å². The first kappa shape index (κ1) is 19.4. The van der Waals surface area contributed by atoms with Gasteiger partial charge in [-0.1, -0.05) is 6.07 Å². The summed E-state index contributed by atoms with van der Waals surface area (Å²) >= 11 is 1.60. The Morgan fingerprint density at radius 1 is 1.19 bits per heavy atom. The van der Waals surface area contributed by atoms with Crippen molar-refractivity contribution in [3.05, 3.63) is 70.7 Å². The summed E-state index contributed by atoms with van der Waals surface area (Å²) in [6, 6.07) is 10.1. The van der Waals surface area contributed by atoms with Gasteiger partial charge in [0.25, 0.3) is 11.8 Å². The second kappa shape index (κ2) is 7.96. The summed E-state index contributed by atoms with van der Waals surface area (Å²) in [5, 5.41) is 9.91. The van der Waals surface area contributed by atoms with E-state index in [9.17, 15) is 14.4 Å². The van der Waals surface area contributed by atoms with Gasteiger partial charge in [0.2, 0.25) is 5.91 Å². The Labute approximate surface area is 183 Å². The molecule has 3 aromatic rings. The summed E-state index contributed by atoms with van der Waals surface area (Å²) in [6.07, 6.45) is 4.07. The van der Waals surface area contributed by atoms with Gasteiger partial charge in [-0.2, -0.15) is 11.3 Å². The molecule has 1 fully saturated rings. The quantitative estimate of drug-likeness (QED) is 0.665. The van der Waals surface area contributed by atoms with E-state index in [4.69, 9.17) is 0 Å². The van der Waals surface area contributed by atoms with Gasteiger partial charge < -0.3 is 15.5 Å². The molecule has 2 aliphatic heterocycles. The van der Waals surface area contributed by atoms with Gasteiger partial charge in [0.1, 0.15) is 6.04 Å². The molecular formula is C23H20N4O3S. The smallest absolute Gasteiger partial charge is 0.256 e. The molecule has 4 heterocycles. The number of thiophene rings is 1. The molecule has 3 amide bonds. The maximum Gasteiger partial charge on any atom is 0.256 e. The van der Waals surface area contributed by atoms with Crippen molar-refractivity contribution in [1.29, 1.82) is 0 Å². The van der Waals surface area contributed by atoms with Gasteiger partial charge in [-0.3, -0.25) is 19.4 Å². The lowest BCUT2D eigenvalue weighted by Gasteiger charge is -2.37. The molecule has 0 aliphatic carbocycles. The van der Waals surface area contributed by atoms with E-state index in [0.717, 1.165) is 11.1 Å². The Morgan fingerprint density at radius 2 is 2.10 bits per heavy atom. The van der Waals surface area contributed by atoms with Crippen molar-refractivity contribution in [3.63, 3.8) is 0 Å². The minimum Gasteiger partial charge on any atom is -0.349 e. The van der Waals surface area contributed by atoms with Crippen LogP contribution in [0.1, 0.15) is 33.6 Å². The number of piperidine rings is 1. The van der Waals surface area contributed by atoms with Crippen molar-refractivity contribution in [2.45, 2.75) is 24.9 Å². The van der Waals surface area contributed by atoms with Gasteiger partial charge in [-0.05, 0) is 65.1 Å². The van der Waals surface area contributed by atoms with Crippen LogP contribution in [0.25, 0.3) is 11.1 Å². The maximum absolute atomic E-state index is 13.3. The average Bonchev–Trinajstić information content (AvgIpc) is 3.31. The first-order valence-corrected chi connectivity index (χ1v) is 11.0. The molecule has 0 spiro atoms. The number of nitrogens with zero attached hydrogens (tertiary/aromatic N) is 2. The summed E-state index contributed by atoms with van der Waals surface area (Å²) in [5.41, 5.74) is 3.49. The molecule has 2 unspecified atom stereocenters. The van der Waals surface area contributed by atoms with Gasteiger partial charge in [0, 0.05) is 25.0 Å². The molecule has 1 saturated heterocycles. The number of benzene rings is 1. The number of carbonyl (C=O) groups is 3. The van der Waals surface area contributed by atoms with Crippen molar-refractivity contribution >= 4 is 34.7 Å². The molecule has 8 heteroatoms. The minimum atomic E-state index is -0.627. The average molecular weight is 433 g/mol. The molecule has 1 aromatic carbocycles. The standard InChI is InChI=1S/C23H20N4O3S/c28-21(15-2-1-7-24-12-15)25-17-5-8-27-20(11-17)22(29)26-19-4-3-14(10-18(19)23(27)30)16-6-9-31-13-16/h1-4,6-7,9-10,12-13,17,20H,5,8,11H2,(H,25,28)(H,26,29). The van der Waals surface area contributed by atoms with Crippen molar-refractivity contribution in [2.24, 2.45) is 0 Å². The van der Waals surface area contributed by atoms with Crippen LogP contribution in [0.2, 0.25) is 0 Å². The van der Waals surface area contributed by atoms with Crippen molar-refractivity contribution < 1.29 is 14.4 Å². The van der Waals surface area contributed by atoms with E-state index in [0.29, 0.717) is 36.2 Å². The zero-order valence-corrected chi connectivity index (χ0v) is 17.4. The van der Waals surface area contributed by atoms with Gasteiger partial charge in [-0.15, -0.1) is 0 Å². The maximum atomic E-state index is 13.3. The minimum absolute atomic E-state index is 0.160. The topological polar surface area (TPSA) is 91.4 Å². The van der Waals surface area contributed by atoms with Gasteiger partial charge >= 0.3 is 0 Å². The molecule has 0 saturated carbocycles. The Kier molecular flexibility index (Phi) is 4.99. The summed E-state index contributed by atoms with van der Waals surface area (Å²) in [4.78, 5) is 44.4. The van der Waals surface area contributed by atoms with E-state index in [2.05, 4.69) is 15.6 Å². The van der Waals surface area contributed by atoms with E-state index in [1.165, 1.54) is 6.20 Å². The van der Waals surface area contributed by atoms with E-state index in [1.54, 1.807) is 40.6 Å². The summed E-state index contributed by atoms with van der Waals surface area (Å²) < 4.78 is 0. The van der Waals surface area contributed by atoms with Crippen LogP contribution in [0.3, 0.4) is 0 Å². The number of anilines is 1. The zero-order valence-electron chi connectivity index (χ0n) is 16.6. The third-order valence-corrected chi connectivity index (χ3v) is 6.47. The lowest BCUT2D eigenvalue weighted by molar-refractivity contribution is -0.121. The summed E-state index contributed by atoms with van der Waals surface area (Å²) in [7, 11) is 0. The van der Waals surface area contributed by atoms with Crippen molar-refractivity contribution in [3.8, 4) is 11.1 Å². The molecule has 2 N–H and O–H groups in total. The lowest BCUT2D eigenvalue weighted by atomic mass is 9.95. The van der Waals surface area contributed by atoms with Crippen LogP contribution in [0.5, 0.6) is 0 Å². The number of aromatic nitrogens is 1. The molecule has 31 heavy (non-hydrogen) atoms. The highest BCUT2D eigenvalue weighted by Gasteiger charge is 2.40. The molecule has 0 radical (unpaired) electrons. The SMILES string of the molecule is O=C(NC1CCN2C(=O)c3cc(-c4ccsc4)ccc3NC(=O)C2C1)c1cccnc1. The number of hydrogen-bond acceptors (Lipinski definition) is 5. The third-order valence-electron chi connectivity index (χ3n) is 5.79. The number of fused-ring (bicyclic) bond motifs is 2. The largest absolute Gasteiger partial charge is 0.349 e. The predicted octanol–water partition coefficient (Wildman–Crippen LogP) is 3.17. The molecule has 7 nitrogen and oxygen atoms in total. The van der Waals surface area contributed by atoms with Crippen LogP contribution in [0, 0.1) is 0 Å². The highest BCUT2D eigenvalue weighted by Crippen LogP contribution is 2.32. The number of amides is 3. The van der Waals surface area contributed by atoms with E-state index in [-0.39, 0.29) is 23.8 Å². The van der Waals surface area contributed by atoms with Crippen LogP contribution >= 0.6 is 11.3 Å². The second-order valence-corrected chi connectivity index (χ2v) is 8.49. The highest BCUT2D eigenvalue weighted by molar-refractivity contribution is 7.08. The van der Waals surface area contributed by atoms with Gasteiger partial charge in [0.05, 0.1) is 16.8 Å². The number of pyridine rings is 1. The molecule has 2 aromatic heterocycles. The van der Waals surface area contributed by atoms with Crippen LogP contribution in [0.15, 0.2) is 59.6 Å². The normalized spacial score (nSPS) is 20.3. The van der Waals surface area contributed by atoms with Crippen LogP contribution < -0.4 is 10.6 Å². The molecular weight excluding hydrogens is 412 g/mol. The van der Waals surface area contributed by atoms with E-state index < -0.39 is 6.04 Å². The molecule has 2 atom stereocenters. The van der Waals surface area contributed by atoms with Crippen LogP contribution in [-0.2, 0) is 4.79 Å². The van der Waals surface area contributed by atoms with Crippen molar-refractivity contribution in [1.82, 2.24) is 15.2 Å². The first-order chi connectivity index (χ1) is 15.1. The molecule has 5 rings (SSSR count). The molecule has 2 aliphatic rings. The molecule has 0 bridgehead atoms.